The van der Waals surface area contributed by atoms with Gasteiger partial charge in [0.15, 0.2) is 5.71 Å². The van der Waals surface area contributed by atoms with Gasteiger partial charge in [-0.05, 0) is 24.6 Å². The van der Waals surface area contributed by atoms with Gasteiger partial charge < -0.3 is 14.4 Å². The highest BCUT2D eigenvalue weighted by molar-refractivity contribution is 6.43. The van der Waals surface area contributed by atoms with Gasteiger partial charge in [0.1, 0.15) is 13.7 Å². The molecule has 0 N–H and O–H groups in total. The summed E-state index contributed by atoms with van der Waals surface area (Å²) in [6, 6.07) is 11.5. The van der Waals surface area contributed by atoms with E-state index in [2.05, 4.69) is 10.3 Å². The highest BCUT2D eigenvalue weighted by Crippen LogP contribution is 2.29. The molecule has 2 aromatic rings. The van der Waals surface area contributed by atoms with Crippen LogP contribution in [0, 0.1) is 0 Å². The Balaban J connectivity index is 2.21. The zero-order chi connectivity index (χ0) is 21.4. The normalized spacial score (nSPS) is 12.5. The number of benzene rings is 2. The summed E-state index contributed by atoms with van der Waals surface area (Å²) in [5, 5.41) is 7.58. The second kappa shape index (κ2) is 9.72. The van der Waals surface area contributed by atoms with Crippen LogP contribution in [0.5, 0.6) is 0 Å². The number of carbonyl (C=O) groups excluding carboxylic acids is 1. The Kier molecular flexibility index (Phi) is 7.35. The standard InChI is InChI=1S/C20H19F3N2O4/c1-13(14-8-6-9-16(11-14)20(21,22)23)24-29-12-15-7-4-5-10-17(15)18(25-28-3)19(26)27-2/h4-11H,12H2,1-3H3/b24-13?,25-18+. The molecule has 0 amide bonds. The topological polar surface area (TPSA) is 69.5 Å². The predicted octanol–water partition coefficient (Wildman–Crippen LogP) is 4.17. The fourth-order valence-corrected chi connectivity index (χ4v) is 2.43. The van der Waals surface area contributed by atoms with Gasteiger partial charge in [0.2, 0.25) is 0 Å². The third-order valence-electron chi connectivity index (χ3n) is 3.86. The fourth-order valence-electron chi connectivity index (χ4n) is 2.43. The Morgan fingerprint density at radius 1 is 1.03 bits per heavy atom. The molecule has 0 spiro atoms. The smallest absolute Gasteiger partial charge is 0.416 e. The molecule has 0 aliphatic carbocycles. The van der Waals surface area contributed by atoms with E-state index in [0.29, 0.717) is 11.1 Å². The second-order valence-electron chi connectivity index (χ2n) is 5.80. The number of nitrogens with zero attached hydrogens (tertiary/aromatic N) is 2. The van der Waals surface area contributed by atoms with Gasteiger partial charge in [-0.3, -0.25) is 0 Å². The van der Waals surface area contributed by atoms with Crippen LogP contribution in [-0.4, -0.2) is 31.6 Å². The van der Waals surface area contributed by atoms with Crippen LogP contribution in [0.3, 0.4) is 0 Å². The number of alkyl halides is 3. The maximum Gasteiger partial charge on any atom is 0.416 e. The summed E-state index contributed by atoms with van der Waals surface area (Å²) in [7, 11) is 2.51. The summed E-state index contributed by atoms with van der Waals surface area (Å²) >= 11 is 0. The molecular formula is C20H19F3N2O4. The van der Waals surface area contributed by atoms with Crippen LogP contribution in [0.4, 0.5) is 13.2 Å². The van der Waals surface area contributed by atoms with Gasteiger partial charge in [-0.15, -0.1) is 0 Å². The van der Waals surface area contributed by atoms with Crippen molar-refractivity contribution in [3.05, 3.63) is 70.8 Å². The number of ether oxygens (including phenoxy) is 1. The van der Waals surface area contributed by atoms with Crippen molar-refractivity contribution in [2.75, 3.05) is 14.2 Å². The van der Waals surface area contributed by atoms with E-state index in [4.69, 9.17) is 14.4 Å². The molecule has 0 radical (unpaired) electrons. The summed E-state index contributed by atoms with van der Waals surface area (Å²) in [5.41, 5.74) is 0.722. The van der Waals surface area contributed by atoms with Gasteiger partial charge in [0, 0.05) is 11.1 Å². The first-order valence-corrected chi connectivity index (χ1v) is 8.39. The molecule has 0 atom stereocenters. The number of hydrogen-bond donors (Lipinski definition) is 0. The monoisotopic (exact) mass is 408 g/mol. The Hall–Kier alpha value is -3.36. The molecular weight excluding hydrogens is 389 g/mol. The lowest BCUT2D eigenvalue weighted by Crippen LogP contribution is -2.19. The van der Waals surface area contributed by atoms with Crippen molar-refractivity contribution in [2.45, 2.75) is 19.7 Å². The first-order valence-electron chi connectivity index (χ1n) is 8.39. The van der Waals surface area contributed by atoms with E-state index in [1.807, 2.05) is 0 Å². The minimum atomic E-state index is -4.44. The molecule has 154 valence electrons. The molecule has 0 unspecified atom stereocenters. The molecule has 0 heterocycles. The molecule has 2 aromatic carbocycles. The lowest BCUT2D eigenvalue weighted by Gasteiger charge is -2.10. The van der Waals surface area contributed by atoms with Crippen LogP contribution in [0.2, 0.25) is 0 Å². The average Bonchev–Trinajstić information content (AvgIpc) is 2.71. The van der Waals surface area contributed by atoms with E-state index in [-0.39, 0.29) is 23.6 Å². The van der Waals surface area contributed by atoms with Gasteiger partial charge >= 0.3 is 12.1 Å². The molecule has 0 saturated carbocycles. The van der Waals surface area contributed by atoms with Crippen LogP contribution in [0.1, 0.15) is 29.2 Å². The molecule has 9 heteroatoms. The zero-order valence-electron chi connectivity index (χ0n) is 16.0. The van der Waals surface area contributed by atoms with E-state index in [9.17, 15) is 18.0 Å². The highest BCUT2D eigenvalue weighted by atomic mass is 19.4. The van der Waals surface area contributed by atoms with E-state index >= 15 is 0 Å². The Morgan fingerprint density at radius 3 is 2.41 bits per heavy atom. The van der Waals surface area contributed by atoms with Gasteiger partial charge in [-0.25, -0.2) is 4.79 Å². The van der Waals surface area contributed by atoms with Crippen LogP contribution >= 0.6 is 0 Å². The zero-order valence-corrected chi connectivity index (χ0v) is 16.0. The second-order valence-corrected chi connectivity index (χ2v) is 5.80. The summed E-state index contributed by atoms with van der Waals surface area (Å²) in [4.78, 5) is 21.9. The number of hydrogen-bond acceptors (Lipinski definition) is 6. The number of halogens is 3. The first kappa shape index (κ1) is 21.9. The maximum atomic E-state index is 12.9. The third-order valence-corrected chi connectivity index (χ3v) is 3.86. The van der Waals surface area contributed by atoms with Gasteiger partial charge in [-0.2, -0.15) is 13.2 Å². The number of carbonyl (C=O) groups is 1. The highest BCUT2D eigenvalue weighted by Gasteiger charge is 2.30. The summed E-state index contributed by atoms with van der Waals surface area (Å²) < 4.78 is 43.3. The number of esters is 1. The van der Waals surface area contributed by atoms with Crippen molar-refractivity contribution in [3.63, 3.8) is 0 Å². The van der Waals surface area contributed by atoms with Crippen molar-refractivity contribution in [1.82, 2.24) is 0 Å². The SMILES string of the molecule is CO/N=C(/C(=O)OC)c1ccccc1CON=C(C)c1cccc(C(F)(F)F)c1. The molecule has 0 aliphatic heterocycles. The van der Waals surface area contributed by atoms with Crippen LogP contribution in [0.15, 0.2) is 58.8 Å². The van der Waals surface area contributed by atoms with Gasteiger partial charge in [0.25, 0.3) is 0 Å². The average molecular weight is 408 g/mol. The lowest BCUT2D eigenvalue weighted by atomic mass is 10.0. The van der Waals surface area contributed by atoms with E-state index in [1.165, 1.54) is 33.3 Å². The molecule has 0 aromatic heterocycles. The molecule has 0 aliphatic rings. The predicted molar refractivity (Wildman–Crippen MR) is 100 cm³/mol. The van der Waals surface area contributed by atoms with E-state index < -0.39 is 17.7 Å². The Bertz CT molecular complexity index is 924. The van der Waals surface area contributed by atoms with Gasteiger partial charge in [0.05, 0.1) is 18.4 Å². The van der Waals surface area contributed by atoms with Crippen LogP contribution in [-0.2, 0) is 32.0 Å². The van der Waals surface area contributed by atoms with Crippen LogP contribution in [0.25, 0.3) is 0 Å². The Labute approximate surface area is 165 Å². The maximum absolute atomic E-state index is 12.9. The van der Waals surface area contributed by atoms with Crippen molar-refractivity contribution in [3.8, 4) is 0 Å². The van der Waals surface area contributed by atoms with E-state index in [0.717, 1.165) is 12.1 Å². The van der Waals surface area contributed by atoms with Crippen molar-refractivity contribution in [1.29, 1.82) is 0 Å². The molecule has 0 fully saturated rings. The number of methoxy groups -OCH3 is 1. The van der Waals surface area contributed by atoms with Crippen molar-refractivity contribution in [2.24, 2.45) is 10.3 Å². The molecule has 29 heavy (non-hydrogen) atoms. The summed E-state index contributed by atoms with van der Waals surface area (Å²) in [6.45, 7) is 1.49. The largest absolute Gasteiger partial charge is 0.464 e. The number of oxime groups is 2. The molecule has 6 nitrogen and oxygen atoms in total. The van der Waals surface area contributed by atoms with Crippen molar-refractivity contribution >= 4 is 17.4 Å². The van der Waals surface area contributed by atoms with Crippen LogP contribution < -0.4 is 0 Å². The molecule has 0 saturated heterocycles. The fraction of sp³-hybridized carbons (Fsp3) is 0.250. The summed E-state index contributed by atoms with van der Waals surface area (Å²) in [6.07, 6.45) is -4.44. The minimum absolute atomic E-state index is 0.0484. The molecule has 2 rings (SSSR count). The van der Waals surface area contributed by atoms with Crippen molar-refractivity contribution < 1.29 is 32.4 Å². The third kappa shape index (κ3) is 5.81. The van der Waals surface area contributed by atoms with E-state index in [1.54, 1.807) is 24.3 Å². The number of rotatable bonds is 7. The first-order chi connectivity index (χ1) is 13.8. The minimum Gasteiger partial charge on any atom is -0.464 e. The van der Waals surface area contributed by atoms with Gasteiger partial charge in [-0.1, -0.05) is 46.7 Å². The quantitative estimate of drug-likeness (QED) is 0.392. The summed E-state index contributed by atoms with van der Waals surface area (Å²) in [5.74, 6) is -0.692. The molecule has 0 bridgehead atoms. The Morgan fingerprint density at radius 2 is 1.76 bits per heavy atom. The lowest BCUT2D eigenvalue weighted by molar-refractivity contribution is -0.137.